The van der Waals surface area contributed by atoms with Gasteiger partial charge in [-0.25, -0.2) is 9.98 Å². The number of hydrogen-bond donors (Lipinski definition) is 0. The monoisotopic (exact) mass is 517 g/mol. The Bertz CT molecular complexity index is 1370. The van der Waals surface area contributed by atoms with Crippen molar-refractivity contribution in [1.29, 1.82) is 0 Å². The fourth-order valence-electron chi connectivity index (χ4n) is 5.04. The van der Waals surface area contributed by atoms with E-state index >= 15 is 0 Å². The van der Waals surface area contributed by atoms with Crippen molar-refractivity contribution in [3.05, 3.63) is 114 Å². The van der Waals surface area contributed by atoms with Crippen LogP contribution in [-0.4, -0.2) is 11.4 Å². The van der Waals surface area contributed by atoms with E-state index in [1.54, 1.807) is 0 Å². The van der Waals surface area contributed by atoms with Crippen LogP contribution in [0.2, 0.25) is 0 Å². The van der Waals surface area contributed by atoms with Crippen molar-refractivity contribution in [2.45, 2.75) is 53.4 Å². The van der Waals surface area contributed by atoms with Gasteiger partial charge in [-0.1, -0.05) is 100 Å². The third kappa shape index (κ3) is 4.70. The zero-order chi connectivity index (χ0) is 24.0. The smallest absolute Gasteiger partial charge is 0.0979 e. The summed E-state index contributed by atoms with van der Waals surface area (Å²) in [7, 11) is 0. The molecule has 4 aromatic rings. The average Bonchev–Trinajstić information content (AvgIpc) is 3.10. The maximum absolute atomic E-state index is 5.39. The Morgan fingerprint density at radius 3 is 1.33 bits per heavy atom. The molecule has 0 atom stereocenters. The second-order valence-electron chi connectivity index (χ2n) is 9.96. The Hall–Kier alpha value is -3.03. The van der Waals surface area contributed by atoms with Crippen LogP contribution in [0.1, 0.15) is 72.9 Å². The molecule has 1 aliphatic rings. The first-order valence-electron chi connectivity index (χ1n) is 12.3. The largest absolute Gasteiger partial charge is 0.358 e. The number of hydrogen-bond acceptors (Lipinski definition) is 2. The van der Waals surface area contributed by atoms with Gasteiger partial charge in [0.05, 0.1) is 22.8 Å². The van der Waals surface area contributed by atoms with Crippen molar-refractivity contribution in [2.75, 3.05) is 0 Å². The fraction of sp³-hybridized carbons (Fsp3) is 0.242. The molecule has 0 unspecified atom stereocenters. The summed E-state index contributed by atoms with van der Waals surface area (Å²) >= 11 is 0. The average molecular weight is 518 g/mol. The summed E-state index contributed by atoms with van der Waals surface area (Å²) in [5, 5.41) is 2.48. The van der Waals surface area contributed by atoms with Crippen molar-refractivity contribution in [1.82, 2.24) is 0 Å². The molecule has 0 saturated carbocycles. The zero-order valence-corrected chi connectivity index (χ0v) is 23.3. The molecule has 0 amide bonds. The van der Waals surface area contributed by atoms with E-state index in [0.717, 1.165) is 22.8 Å². The van der Waals surface area contributed by atoms with Gasteiger partial charge in [0.2, 0.25) is 0 Å². The Kier molecular flexibility index (Phi) is 8.37. The standard InChI is InChI=1S/C32H32N2.CH3.Ni/c1-19(2)24-15-7-11-21(5)29(24)33-31-26-17-9-13-23-14-10-18-27(28(23)26)32(31)34-30-22(6)12-8-16-25(30)20(3)4;;/h7-20H,1-6H3;1H3;/q;-1;. The van der Waals surface area contributed by atoms with Gasteiger partial charge in [0.25, 0.3) is 0 Å². The molecule has 0 saturated heterocycles. The van der Waals surface area contributed by atoms with Crippen molar-refractivity contribution in [3.63, 3.8) is 0 Å². The van der Waals surface area contributed by atoms with Crippen molar-refractivity contribution in [2.24, 2.45) is 9.98 Å². The minimum absolute atomic E-state index is 0. The number of benzene rings is 4. The van der Waals surface area contributed by atoms with Crippen molar-refractivity contribution < 1.29 is 16.5 Å². The first kappa shape index (κ1) is 27.6. The third-order valence-corrected chi connectivity index (χ3v) is 6.87. The van der Waals surface area contributed by atoms with Gasteiger partial charge < -0.3 is 7.43 Å². The van der Waals surface area contributed by atoms with Crippen LogP contribution in [0.4, 0.5) is 11.4 Å². The normalized spacial score (nSPS) is 14.6. The van der Waals surface area contributed by atoms with Gasteiger partial charge in [-0.15, -0.1) is 0 Å². The maximum Gasteiger partial charge on any atom is 0.0979 e. The minimum Gasteiger partial charge on any atom is -0.358 e. The second kappa shape index (κ2) is 10.9. The Morgan fingerprint density at radius 1 is 0.556 bits per heavy atom. The van der Waals surface area contributed by atoms with Gasteiger partial charge in [-0.2, -0.15) is 0 Å². The summed E-state index contributed by atoms with van der Waals surface area (Å²) in [5.41, 5.74) is 11.4. The molecular weight excluding hydrogens is 483 g/mol. The molecule has 0 bridgehead atoms. The van der Waals surface area contributed by atoms with E-state index < -0.39 is 0 Å². The van der Waals surface area contributed by atoms with Crippen LogP contribution in [0.15, 0.2) is 82.8 Å². The molecular formula is C33H35N2Ni-. The summed E-state index contributed by atoms with van der Waals surface area (Å²) in [5.74, 6) is 0.784. The van der Waals surface area contributed by atoms with Crippen LogP contribution in [0.3, 0.4) is 0 Å². The molecule has 0 heterocycles. The van der Waals surface area contributed by atoms with E-state index in [-0.39, 0.29) is 23.9 Å². The molecule has 36 heavy (non-hydrogen) atoms. The predicted octanol–water partition coefficient (Wildman–Crippen LogP) is 9.41. The van der Waals surface area contributed by atoms with Crippen LogP contribution in [-0.2, 0) is 16.5 Å². The van der Waals surface area contributed by atoms with Gasteiger partial charge in [0.15, 0.2) is 0 Å². The summed E-state index contributed by atoms with van der Waals surface area (Å²) in [6.45, 7) is 13.3. The molecule has 1 aliphatic carbocycles. The fourth-order valence-corrected chi connectivity index (χ4v) is 5.04. The zero-order valence-electron chi connectivity index (χ0n) is 22.3. The molecule has 2 nitrogen and oxygen atoms in total. The van der Waals surface area contributed by atoms with E-state index in [2.05, 4.69) is 114 Å². The molecule has 0 radical (unpaired) electrons. The van der Waals surface area contributed by atoms with E-state index in [0.29, 0.717) is 11.8 Å². The molecule has 0 fully saturated rings. The number of para-hydroxylation sites is 2. The Morgan fingerprint density at radius 2 is 0.944 bits per heavy atom. The van der Waals surface area contributed by atoms with Gasteiger partial charge >= 0.3 is 0 Å². The van der Waals surface area contributed by atoms with Crippen LogP contribution >= 0.6 is 0 Å². The van der Waals surface area contributed by atoms with Crippen LogP contribution in [0.5, 0.6) is 0 Å². The maximum atomic E-state index is 5.39. The van der Waals surface area contributed by atoms with Crippen molar-refractivity contribution in [3.8, 4) is 0 Å². The summed E-state index contributed by atoms with van der Waals surface area (Å²) in [4.78, 5) is 10.8. The van der Waals surface area contributed by atoms with Gasteiger partial charge in [-0.05, 0) is 53.3 Å². The van der Waals surface area contributed by atoms with Crippen LogP contribution < -0.4 is 0 Å². The first-order valence-corrected chi connectivity index (χ1v) is 12.3. The van der Waals surface area contributed by atoms with Gasteiger partial charge in [0, 0.05) is 33.0 Å². The van der Waals surface area contributed by atoms with Gasteiger partial charge in [0.1, 0.15) is 0 Å². The Balaban J connectivity index is 0.00000180. The van der Waals surface area contributed by atoms with Crippen LogP contribution in [0, 0.1) is 21.3 Å². The second-order valence-corrected chi connectivity index (χ2v) is 9.96. The van der Waals surface area contributed by atoms with Gasteiger partial charge in [-0.3, -0.25) is 0 Å². The summed E-state index contributed by atoms with van der Waals surface area (Å²) < 4.78 is 0. The molecule has 0 aromatic heterocycles. The molecule has 188 valence electrons. The SMILES string of the molecule is Cc1cccc(C(C)C)c1N=C1C(=Nc2c(C)cccc2C(C)C)c2cccc3cccc1c23.[CH3-].[Ni]. The molecule has 0 spiro atoms. The van der Waals surface area contributed by atoms with E-state index in [4.69, 9.17) is 9.98 Å². The number of rotatable bonds is 4. The number of nitrogens with zero attached hydrogens (tertiary/aromatic N) is 2. The van der Waals surface area contributed by atoms with E-state index in [1.807, 2.05) is 0 Å². The minimum atomic E-state index is 0. The van der Waals surface area contributed by atoms with E-state index in [1.165, 1.54) is 44.2 Å². The summed E-state index contributed by atoms with van der Waals surface area (Å²) in [6, 6.07) is 26.0. The molecule has 0 N–H and O–H groups in total. The molecule has 3 heteroatoms. The van der Waals surface area contributed by atoms with Crippen LogP contribution in [0.25, 0.3) is 10.8 Å². The predicted molar refractivity (Wildman–Crippen MR) is 153 cm³/mol. The third-order valence-electron chi connectivity index (χ3n) is 6.87. The van der Waals surface area contributed by atoms with Crippen molar-refractivity contribution >= 4 is 33.6 Å². The first-order chi connectivity index (χ1) is 16.4. The Labute approximate surface area is 226 Å². The molecule has 0 aliphatic heterocycles. The molecule has 5 rings (SSSR count). The molecule has 4 aromatic carbocycles. The van der Waals surface area contributed by atoms with E-state index in [9.17, 15) is 0 Å². The topological polar surface area (TPSA) is 24.7 Å². The summed E-state index contributed by atoms with van der Waals surface area (Å²) in [6.07, 6.45) is 0. The number of aliphatic imine (C=N–C) groups is 2. The quantitative estimate of drug-likeness (QED) is 0.190. The number of aryl methyl sites for hydroxylation is 2.